The second-order valence-corrected chi connectivity index (χ2v) is 4.33. The molecule has 1 rings (SSSR count). The number of H-pyrrole nitrogens is 1. The Morgan fingerprint density at radius 3 is 2.71 bits per heavy atom. The van der Waals surface area contributed by atoms with Crippen LogP contribution in [0.5, 0.6) is 0 Å². The van der Waals surface area contributed by atoms with Gasteiger partial charge in [-0.05, 0) is 22.0 Å². The van der Waals surface area contributed by atoms with Crippen LogP contribution < -0.4 is 5.56 Å². The lowest BCUT2D eigenvalue weighted by Crippen LogP contribution is -2.26. The fourth-order valence-electron chi connectivity index (χ4n) is 0.985. The maximum Gasteiger partial charge on any atom is 0.253 e. The predicted octanol–water partition coefficient (Wildman–Crippen LogP) is 0.927. The summed E-state index contributed by atoms with van der Waals surface area (Å²) < 4.78 is 0.646. The summed E-state index contributed by atoms with van der Waals surface area (Å²) in [7, 11) is 0. The van der Waals surface area contributed by atoms with E-state index in [2.05, 4.69) is 36.8 Å². The van der Waals surface area contributed by atoms with Gasteiger partial charge in [-0.15, -0.1) is 0 Å². The number of rotatable bonds is 3. The van der Waals surface area contributed by atoms with Gasteiger partial charge in [0.05, 0.1) is 6.10 Å². The molecule has 0 aliphatic carbocycles. The molecule has 1 heterocycles. The first-order chi connectivity index (χ1) is 6.56. The van der Waals surface area contributed by atoms with E-state index >= 15 is 0 Å². The number of aromatic amines is 1. The van der Waals surface area contributed by atoms with Gasteiger partial charge in [-0.25, -0.2) is 0 Å². The van der Waals surface area contributed by atoms with Crippen LogP contribution in [-0.2, 0) is 0 Å². The van der Waals surface area contributed by atoms with Gasteiger partial charge in [-0.1, -0.05) is 15.9 Å². The fraction of sp³-hybridized carbons (Fsp3) is 0.375. The van der Waals surface area contributed by atoms with Gasteiger partial charge in [0.2, 0.25) is 0 Å². The third-order valence-electron chi connectivity index (χ3n) is 1.74. The van der Waals surface area contributed by atoms with Crippen molar-refractivity contribution < 1.29 is 10.2 Å². The average molecular weight is 327 g/mol. The van der Waals surface area contributed by atoms with Crippen LogP contribution in [0.4, 0.5) is 0 Å². The number of aliphatic hydroxyl groups is 2. The lowest BCUT2D eigenvalue weighted by molar-refractivity contribution is 0.0333. The second kappa shape index (κ2) is 5.06. The monoisotopic (exact) mass is 325 g/mol. The van der Waals surface area contributed by atoms with Gasteiger partial charge in [0.15, 0.2) is 0 Å². The number of hydrogen-bond donors (Lipinski definition) is 3. The molecule has 14 heavy (non-hydrogen) atoms. The first-order valence-corrected chi connectivity index (χ1v) is 5.78. The number of alkyl halides is 1. The van der Waals surface area contributed by atoms with Crippen molar-refractivity contribution >= 4 is 31.9 Å². The van der Waals surface area contributed by atoms with Crippen molar-refractivity contribution in [3.05, 3.63) is 32.7 Å². The second-order valence-electron chi connectivity index (χ2n) is 2.77. The van der Waals surface area contributed by atoms with Crippen LogP contribution in [-0.4, -0.2) is 26.6 Å². The minimum atomic E-state index is -1.18. The van der Waals surface area contributed by atoms with Crippen LogP contribution in [0.15, 0.2) is 21.5 Å². The SMILES string of the molecule is O=c1[nH]cc(Br)cc1C(O)C(O)CBr. The Morgan fingerprint density at radius 2 is 2.14 bits per heavy atom. The van der Waals surface area contributed by atoms with Crippen LogP contribution >= 0.6 is 31.9 Å². The highest BCUT2D eigenvalue weighted by Crippen LogP contribution is 2.17. The van der Waals surface area contributed by atoms with E-state index in [1.807, 2.05) is 0 Å². The topological polar surface area (TPSA) is 73.3 Å². The largest absolute Gasteiger partial charge is 0.389 e. The van der Waals surface area contributed by atoms with E-state index in [9.17, 15) is 15.0 Å². The number of halogens is 2. The number of pyridine rings is 1. The molecule has 0 amide bonds. The maximum absolute atomic E-state index is 11.3. The first kappa shape index (κ1) is 11.9. The van der Waals surface area contributed by atoms with E-state index in [1.165, 1.54) is 12.3 Å². The van der Waals surface area contributed by atoms with Gasteiger partial charge >= 0.3 is 0 Å². The molecule has 1 aromatic heterocycles. The Kier molecular flexibility index (Phi) is 4.31. The van der Waals surface area contributed by atoms with Crippen molar-refractivity contribution in [3.8, 4) is 0 Å². The van der Waals surface area contributed by atoms with Crippen LogP contribution in [0.2, 0.25) is 0 Å². The third-order valence-corrected chi connectivity index (χ3v) is 2.86. The molecule has 0 bridgehead atoms. The van der Waals surface area contributed by atoms with Crippen LogP contribution in [0.25, 0.3) is 0 Å². The Bertz CT molecular complexity index is 366. The lowest BCUT2D eigenvalue weighted by Gasteiger charge is -2.14. The molecule has 0 radical (unpaired) electrons. The molecule has 0 fully saturated rings. The summed E-state index contributed by atoms with van der Waals surface area (Å²) >= 11 is 6.18. The minimum absolute atomic E-state index is 0.145. The van der Waals surface area contributed by atoms with Gasteiger partial charge < -0.3 is 15.2 Å². The standard InChI is InChI=1S/C8H9Br2NO3/c9-2-6(12)7(13)5-1-4(10)3-11-8(5)14/h1,3,6-7,12-13H,2H2,(H,11,14). The van der Waals surface area contributed by atoms with Crippen molar-refractivity contribution in [2.24, 2.45) is 0 Å². The summed E-state index contributed by atoms with van der Waals surface area (Å²) in [5.41, 5.74) is -0.257. The van der Waals surface area contributed by atoms with Crippen LogP contribution in [0.3, 0.4) is 0 Å². The molecule has 2 atom stereocenters. The highest BCUT2D eigenvalue weighted by Gasteiger charge is 2.20. The molecular weight excluding hydrogens is 318 g/mol. The molecule has 6 heteroatoms. The Hall–Kier alpha value is -0.170. The first-order valence-electron chi connectivity index (χ1n) is 3.86. The van der Waals surface area contributed by atoms with E-state index in [-0.39, 0.29) is 10.9 Å². The summed E-state index contributed by atoms with van der Waals surface area (Å²) in [6.45, 7) is 0. The van der Waals surface area contributed by atoms with Crippen molar-refractivity contribution in [3.63, 3.8) is 0 Å². The van der Waals surface area contributed by atoms with Gasteiger partial charge in [0, 0.05) is 21.6 Å². The number of aromatic nitrogens is 1. The molecular formula is C8H9Br2NO3. The number of nitrogens with one attached hydrogen (secondary N) is 1. The zero-order valence-corrected chi connectivity index (χ0v) is 10.2. The van der Waals surface area contributed by atoms with Crippen molar-refractivity contribution in [2.45, 2.75) is 12.2 Å². The van der Waals surface area contributed by atoms with E-state index in [0.717, 1.165) is 0 Å². The Labute approximate surface area is 97.2 Å². The molecule has 0 spiro atoms. The molecule has 3 N–H and O–H groups in total. The van der Waals surface area contributed by atoms with Crippen molar-refractivity contribution in [1.29, 1.82) is 0 Å². The summed E-state index contributed by atoms with van der Waals surface area (Å²) in [4.78, 5) is 13.7. The lowest BCUT2D eigenvalue weighted by atomic mass is 10.1. The van der Waals surface area contributed by atoms with Gasteiger partial charge in [-0.2, -0.15) is 0 Å². The number of aliphatic hydroxyl groups excluding tert-OH is 2. The molecule has 4 nitrogen and oxygen atoms in total. The van der Waals surface area contributed by atoms with Gasteiger partial charge in [0.1, 0.15) is 6.10 Å². The molecule has 1 aromatic rings. The van der Waals surface area contributed by atoms with E-state index in [0.29, 0.717) is 4.47 Å². The smallest absolute Gasteiger partial charge is 0.253 e. The minimum Gasteiger partial charge on any atom is -0.389 e. The van der Waals surface area contributed by atoms with E-state index in [4.69, 9.17) is 0 Å². The summed E-state index contributed by atoms with van der Waals surface area (Å²) in [6.07, 6.45) is -0.708. The molecule has 0 saturated heterocycles. The van der Waals surface area contributed by atoms with E-state index in [1.54, 1.807) is 0 Å². The Morgan fingerprint density at radius 1 is 1.50 bits per heavy atom. The zero-order chi connectivity index (χ0) is 10.7. The molecule has 0 aliphatic heterocycles. The van der Waals surface area contributed by atoms with Crippen molar-refractivity contribution in [1.82, 2.24) is 4.98 Å². The highest BCUT2D eigenvalue weighted by atomic mass is 79.9. The molecule has 0 saturated carbocycles. The summed E-state index contributed by atoms with van der Waals surface area (Å²) in [6, 6.07) is 1.48. The van der Waals surface area contributed by atoms with Crippen molar-refractivity contribution in [2.75, 3.05) is 5.33 Å². The molecule has 78 valence electrons. The maximum atomic E-state index is 11.3. The average Bonchev–Trinajstić information content (AvgIpc) is 2.19. The van der Waals surface area contributed by atoms with Gasteiger partial charge in [-0.3, -0.25) is 4.79 Å². The Balaban J connectivity index is 3.05. The van der Waals surface area contributed by atoms with Crippen LogP contribution in [0.1, 0.15) is 11.7 Å². The van der Waals surface area contributed by atoms with E-state index < -0.39 is 17.8 Å². The third kappa shape index (κ3) is 2.66. The summed E-state index contributed by atoms with van der Waals surface area (Å²) in [5.74, 6) is 0. The molecule has 2 unspecified atom stereocenters. The fourth-order valence-corrected chi connectivity index (χ4v) is 1.70. The highest BCUT2D eigenvalue weighted by molar-refractivity contribution is 9.10. The molecule has 0 aromatic carbocycles. The zero-order valence-electron chi connectivity index (χ0n) is 7.08. The van der Waals surface area contributed by atoms with Crippen LogP contribution in [0, 0.1) is 0 Å². The normalized spacial score (nSPS) is 15.1. The quantitative estimate of drug-likeness (QED) is 0.723. The predicted molar refractivity (Wildman–Crippen MR) is 59.5 cm³/mol. The summed E-state index contributed by atoms with van der Waals surface area (Å²) in [5, 5.41) is 19.1. The van der Waals surface area contributed by atoms with Gasteiger partial charge in [0.25, 0.3) is 5.56 Å². The molecule has 0 aliphatic rings. The number of hydrogen-bond acceptors (Lipinski definition) is 3.